The zero-order valence-electron chi connectivity index (χ0n) is 13.7. The van der Waals surface area contributed by atoms with Gasteiger partial charge < -0.3 is 9.80 Å². The summed E-state index contributed by atoms with van der Waals surface area (Å²) in [7, 11) is 1.80. The summed E-state index contributed by atoms with van der Waals surface area (Å²) >= 11 is 8.44. The first-order valence-corrected chi connectivity index (χ1v) is 10.4. The predicted molar refractivity (Wildman–Crippen MR) is 107 cm³/mol. The lowest BCUT2D eigenvalue weighted by molar-refractivity contribution is -0.134. The maximum absolute atomic E-state index is 12.9. The molecular weight excluding hydrogens is 468 g/mol. The van der Waals surface area contributed by atoms with E-state index in [4.69, 9.17) is 0 Å². The maximum Gasteiger partial charge on any atom is 0.254 e. The second-order valence-corrected chi connectivity index (χ2v) is 9.53. The van der Waals surface area contributed by atoms with Gasteiger partial charge in [0.25, 0.3) is 5.91 Å². The summed E-state index contributed by atoms with van der Waals surface area (Å²) < 4.78 is 1.98. The van der Waals surface area contributed by atoms with Crippen molar-refractivity contribution in [1.82, 2.24) is 9.80 Å². The summed E-state index contributed by atoms with van der Waals surface area (Å²) in [5, 5.41) is 0. The van der Waals surface area contributed by atoms with Crippen LogP contribution in [-0.4, -0.2) is 41.2 Å². The van der Waals surface area contributed by atoms with E-state index in [9.17, 15) is 9.59 Å². The minimum absolute atomic E-state index is 0.00693. The number of likely N-dealkylation sites (tertiary alicyclic amines) is 1. The summed E-state index contributed by atoms with van der Waals surface area (Å²) in [5.41, 5.74) is 0.618. The summed E-state index contributed by atoms with van der Waals surface area (Å²) in [6.07, 6.45) is 1.58. The number of hydrogen-bond acceptors (Lipinski definition) is 3. The highest BCUT2D eigenvalue weighted by atomic mass is 79.9. The van der Waals surface area contributed by atoms with E-state index in [-0.39, 0.29) is 17.9 Å². The van der Waals surface area contributed by atoms with Crippen molar-refractivity contribution >= 4 is 55.0 Å². The molecule has 1 aromatic carbocycles. The molecule has 1 saturated heterocycles. The van der Waals surface area contributed by atoms with Gasteiger partial charge in [-0.2, -0.15) is 0 Å². The lowest BCUT2D eigenvalue weighted by Crippen LogP contribution is -2.46. The van der Waals surface area contributed by atoms with E-state index in [1.165, 1.54) is 0 Å². The van der Waals surface area contributed by atoms with Gasteiger partial charge in [0.05, 0.1) is 10.3 Å². The van der Waals surface area contributed by atoms with Gasteiger partial charge >= 0.3 is 0 Å². The fourth-order valence-corrected chi connectivity index (χ4v) is 4.83. The van der Waals surface area contributed by atoms with Gasteiger partial charge in [0.15, 0.2) is 0 Å². The zero-order chi connectivity index (χ0) is 18.0. The average Bonchev–Trinajstić information content (AvgIpc) is 3.23. The normalized spacial score (nSPS) is 16.9. The van der Waals surface area contributed by atoms with Crippen LogP contribution in [0.15, 0.2) is 44.7 Å². The molecule has 7 heteroatoms. The van der Waals surface area contributed by atoms with Crippen molar-refractivity contribution in [2.24, 2.45) is 0 Å². The molecule has 0 aliphatic carbocycles. The summed E-state index contributed by atoms with van der Waals surface area (Å²) in [6.45, 7) is 1.19. The lowest BCUT2D eigenvalue weighted by atomic mass is 10.1. The number of benzene rings is 1. The highest BCUT2D eigenvalue weighted by Gasteiger charge is 2.36. The monoisotopic (exact) mass is 484 g/mol. The van der Waals surface area contributed by atoms with Crippen LogP contribution in [-0.2, 0) is 11.3 Å². The largest absolute Gasteiger partial charge is 0.339 e. The maximum atomic E-state index is 12.9. The Morgan fingerprint density at radius 1 is 1.20 bits per heavy atom. The fraction of sp³-hybridized carbons (Fsp3) is 0.333. The van der Waals surface area contributed by atoms with Crippen LogP contribution in [0.4, 0.5) is 0 Å². The first-order valence-electron chi connectivity index (χ1n) is 8.01. The van der Waals surface area contributed by atoms with Crippen molar-refractivity contribution in [3.05, 3.63) is 55.1 Å². The molecule has 1 aromatic heterocycles. The van der Waals surface area contributed by atoms with E-state index in [1.54, 1.807) is 40.3 Å². The Bertz CT molecular complexity index is 776. The van der Waals surface area contributed by atoms with Crippen LogP contribution in [0.1, 0.15) is 28.1 Å². The number of carbonyl (C=O) groups excluding carboxylic acids is 2. The molecule has 1 aliphatic heterocycles. The SMILES string of the molecule is CN(Cc1ccc(Br)s1)C(=O)C1CCCN1C(=O)c1ccc(Br)cc1. The van der Waals surface area contributed by atoms with Crippen LogP contribution in [0.2, 0.25) is 0 Å². The first kappa shape index (κ1) is 18.6. The van der Waals surface area contributed by atoms with Crippen molar-refractivity contribution in [2.75, 3.05) is 13.6 Å². The summed E-state index contributed by atoms with van der Waals surface area (Å²) in [6, 6.07) is 10.9. The van der Waals surface area contributed by atoms with E-state index in [0.29, 0.717) is 18.7 Å². The number of halogens is 2. The van der Waals surface area contributed by atoms with E-state index in [0.717, 1.165) is 26.0 Å². The van der Waals surface area contributed by atoms with Gasteiger partial charge in [-0.15, -0.1) is 11.3 Å². The summed E-state index contributed by atoms with van der Waals surface area (Å²) in [5.74, 6) is -0.0666. The van der Waals surface area contributed by atoms with Crippen LogP contribution < -0.4 is 0 Å². The van der Waals surface area contributed by atoms with Gasteiger partial charge in [-0.25, -0.2) is 0 Å². The molecule has 0 N–H and O–H groups in total. The molecule has 0 radical (unpaired) electrons. The van der Waals surface area contributed by atoms with Gasteiger partial charge in [-0.1, -0.05) is 15.9 Å². The molecule has 1 unspecified atom stereocenters. The Labute approximate surface area is 168 Å². The van der Waals surface area contributed by atoms with Gasteiger partial charge in [-0.05, 0) is 65.2 Å². The zero-order valence-corrected chi connectivity index (χ0v) is 17.7. The van der Waals surface area contributed by atoms with Gasteiger partial charge in [0, 0.05) is 28.5 Å². The molecule has 0 spiro atoms. The number of amides is 2. The molecule has 132 valence electrons. The fourth-order valence-electron chi connectivity index (χ4n) is 3.03. The van der Waals surface area contributed by atoms with Crippen molar-refractivity contribution in [3.8, 4) is 0 Å². The topological polar surface area (TPSA) is 40.6 Å². The van der Waals surface area contributed by atoms with Crippen LogP contribution >= 0.6 is 43.2 Å². The van der Waals surface area contributed by atoms with E-state index < -0.39 is 0 Å². The minimum atomic E-state index is -0.371. The molecule has 2 amide bonds. The molecule has 0 bridgehead atoms. The average molecular weight is 486 g/mol. The van der Waals surface area contributed by atoms with Crippen LogP contribution in [0, 0.1) is 0 Å². The molecule has 1 atom stereocenters. The molecule has 2 heterocycles. The second kappa shape index (κ2) is 8.01. The van der Waals surface area contributed by atoms with Gasteiger partial charge in [-0.3, -0.25) is 9.59 Å². The number of hydrogen-bond donors (Lipinski definition) is 0. The number of likely N-dealkylation sites (N-methyl/N-ethyl adjacent to an activating group) is 1. The third-order valence-electron chi connectivity index (χ3n) is 4.29. The second-order valence-electron chi connectivity index (χ2n) is 6.06. The number of nitrogens with zero attached hydrogens (tertiary/aromatic N) is 2. The molecule has 1 fully saturated rings. The smallest absolute Gasteiger partial charge is 0.254 e. The van der Waals surface area contributed by atoms with Crippen molar-refractivity contribution in [2.45, 2.75) is 25.4 Å². The molecule has 3 rings (SSSR count). The highest BCUT2D eigenvalue weighted by Crippen LogP contribution is 2.26. The van der Waals surface area contributed by atoms with Crippen molar-refractivity contribution in [3.63, 3.8) is 0 Å². The Morgan fingerprint density at radius 2 is 1.92 bits per heavy atom. The van der Waals surface area contributed by atoms with Crippen LogP contribution in [0.5, 0.6) is 0 Å². The number of rotatable bonds is 4. The number of carbonyl (C=O) groups is 2. The van der Waals surface area contributed by atoms with E-state index in [2.05, 4.69) is 31.9 Å². The Hall–Kier alpha value is -1.18. The third-order valence-corrected chi connectivity index (χ3v) is 6.43. The minimum Gasteiger partial charge on any atom is -0.339 e. The standard InChI is InChI=1S/C18H18Br2N2O2S/c1-21(11-14-8-9-16(20)25-14)18(24)15-3-2-10-22(15)17(23)12-4-6-13(19)7-5-12/h4-9,15H,2-3,10-11H2,1H3. The Morgan fingerprint density at radius 3 is 2.56 bits per heavy atom. The van der Waals surface area contributed by atoms with E-state index >= 15 is 0 Å². The lowest BCUT2D eigenvalue weighted by Gasteiger charge is -2.28. The third kappa shape index (κ3) is 4.33. The highest BCUT2D eigenvalue weighted by molar-refractivity contribution is 9.11. The van der Waals surface area contributed by atoms with E-state index in [1.807, 2.05) is 24.3 Å². The van der Waals surface area contributed by atoms with Crippen molar-refractivity contribution in [1.29, 1.82) is 0 Å². The molecule has 4 nitrogen and oxygen atoms in total. The van der Waals surface area contributed by atoms with Gasteiger partial charge in [0.1, 0.15) is 6.04 Å². The van der Waals surface area contributed by atoms with Crippen LogP contribution in [0.3, 0.4) is 0 Å². The molecule has 0 saturated carbocycles. The molecule has 25 heavy (non-hydrogen) atoms. The molecular formula is C18H18Br2N2O2S. The summed E-state index contributed by atoms with van der Waals surface area (Å²) in [4.78, 5) is 30.2. The first-order chi connectivity index (χ1) is 12.0. The Balaban J connectivity index is 1.70. The van der Waals surface area contributed by atoms with Crippen molar-refractivity contribution < 1.29 is 9.59 Å². The molecule has 2 aromatic rings. The van der Waals surface area contributed by atoms with Crippen LogP contribution in [0.25, 0.3) is 0 Å². The van der Waals surface area contributed by atoms with Gasteiger partial charge in [0.2, 0.25) is 5.91 Å². The quantitative estimate of drug-likeness (QED) is 0.637. The number of thiophene rings is 1. The predicted octanol–water partition coefficient (Wildman–Crippen LogP) is 4.54. The Kier molecular flexibility index (Phi) is 5.96. The molecule has 1 aliphatic rings.